The number of ether oxygens (including phenoxy) is 1. The fourth-order valence-corrected chi connectivity index (χ4v) is 7.01. The van der Waals surface area contributed by atoms with E-state index >= 15 is 0 Å². The van der Waals surface area contributed by atoms with Crippen molar-refractivity contribution >= 4 is 46.5 Å². The van der Waals surface area contributed by atoms with E-state index in [1.54, 1.807) is 36.1 Å². The third-order valence-corrected chi connectivity index (χ3v) is 9.78. The van der Waals surface area contributed by atoms with E-state index in [9.17, 15) is 9.59 Å². The predicted octanol–water partition coefficient (Wildman–Crippen LogP) is 6.15. The highest BCUT2D eigenvalue weighted by atomic mass is 16.5. The average Bonchev–Trinajstić information content (AvgIpc) is 3.13. The van der Waals surface area contributed by atoms with Crippen LogP contribution in [-0.2, 0) is 11.3 Å². The van der Waals surface area contributed by atoms with E-state index in [0.29, 0.717) is 55.9 Å². The second-order valence-corrected chi connectivity index (χ2v) is 13.5. The van der Waals surface area contributed by atoms with E-state index in [1.807, 2.05) is 62.1 Å². The standard InChI is InChI=1S/C39H49N9O3/c1-8-9-28(4)36(27(2)3)47-26-30-25-40-38(41-31-10-12-32(13-11-31)45-18-16-43(6)17-19-45)42-37(30)48(39(47)50)34-15-14-33(24-35(34)51-7)46-22-20-44(21-23-46)29(5)49/h8-15,24-25H,1,16-23,26H2,2-7H3,(H,40,41,42)/b28-9-. The molecular formula is C39H49N9O3. The summed E-state index contributed by atoms with van der Waals surface area (Å²) in [5, 5.41) is 3.36. The van der Waals surface area contributed by atoms with Gasteiger partial charge in [-0.2, -0.15) is 4.98 Å². The SMILES string of the molecule is C=C/C=C(/C)C(=C(C)C)N1Cc2cnc(Nc3ccc(N4CCN(C)CC4)cc3)nc2N(c2ccc(N3CCN(C(C)=O)CC3)cc2OC)C1=O. The van der Waals surface area contributed by atoms with Crippen molar-refractivity contribution in [3.05, 3.63) is 89.8 Å². The fraction of sp³-hybridized carbons (Fsp3) is 0.385. The summed E-state index contributed by atoms with van der Waals surface area (Å²) in [6.45, 7) is 18.6. The summed E-state index contributed by atoms with van der Waals surface area (Å²) >= 11 is 0. The highest BCUT2D eigenvalue weighted by Crippen LogP contribution is 2.42. The molecule has 12 nitrogen and oxygen atoms in total. The largest absolute Gasteiger partial charge is 0.494 e. The van der Waals surface area contributed by atoms with Crippen molar-refractivity contribution in [1.82, 2.24) is 24.7 Å². The van der Waals surface area contributed by atoms with Crippen LogP contribution in [0.5, 0.6) is 5.75 Å². The van der Waals surface area contributed by atoms with Gasteiger partial charge in [-0.05, 0) is 69.8 Å². The van der Waals surface area contributed by atoms with Crippen LogP contribution >= 0.6 is 0 Å². The molecular weight excluding hydrogens is 642 g/mol. The summed E-state index contributed by atoms with van der Waals surface area (Å²) in [7, 11) is 3.77. The summed E-state index contributed by atoms with van der Waals surface area (Å²) in [5.41, 5.74) is 7.09. The van der Waals surface area contributed by atoms with Crippen molar-refractivity contribution in [3.8, 4) is 5.75 Å². The molecule has 4 heterocycles. The predicted molar refractivity (Wildman–Crippen MR) is 204 cm³/mol. The number of nitrogens with zero attached hydrogens (tertiary/aromatic N) is 8. The molecule has 2 aromatic carbocycles. The van der Waals surface area contributed by atoms with Crippen LogP contribution in [0.1, 0.15) is 33.3 Å². The van der Waals surface area contributed by atoms with Gasteiger partial charge in [-0.3, -0.25) is 9.69 Å². The number of nitrogens with one attached hydrogen (secondary N) is 1. The van der Waals surface area contributed by atoms with Gasteiger partial charge in [-0.15, -0.1) is 0 Å². The lowest BCUT2D eigenvalue weighted by molar-refractivity contribution is -0.129. The topological polar surface area (TPSA) is 101 Å². The Morgan fingerprint density at radius 3 is 2.18 bits per heavy atom. The molecule has 51 heavy (non-hydrogen) atoms. The monoisotopic (exact) mass is 691 g/mol. The van der Waals surface area contributed by atoms with Crippen LogP contribution in [0.15, 0.2) is 84.2 Å². The number of rotatable bonds is 9. The Balaban J connectivity index is 1.35. The van der Waals surface area contributed by atoms with E-state index in [2.05, 4.69) is 45.8 Å². The number of amides is 3. The fourth-order valence-electron chi connectivity index (χ4n) is 7.01. The smallest absolute Gasteiger partial charge is 0.335 e. The Hall–Kier alpha value is -5.36. The molecule has 12 heteroatoms. The number of methoxy groups -OCH3 is 1. The molecule has 0 atom stereocenters. The zero-order valence-corrected chi connectivity index (χ0v) is 30.6. The number of carbonyl (C=O) groups excluding carboxylic acids is 2. The second kappa shape index (κ2) is 15.3. The van der Waals surface area contributed by atoms with Crippen molar-refractivity contribution in [2.24, 2.45) is 0 Å². The molecule has 0 spiro atoms. The number of aromatic nitrogens is 2. The van der Waals surface area contributed by atoms with Gasteiger partial charge in [0.05, 0.1) is 19.3 Å². The minimum Gasteiger partial charge on any atom is -0.494 e. The van der Waals surface area contributed by atoms with Crippen molar-refractivity contribution in [3.63, 3.8) is 0 Å². The molecule has 3 amide bonds. The zero-order valence-electron chi connectivity index (χ0n) is 30.6. The van der Waals surface area contributed by atoms with E-state index < -0.39 is 0 Å². The molecule has 3 aromatic rings. The summed E-state index contributed by atoms with van der Waals surface area (Å²) in [6.07, 6.45) is 5.44. The molecule has 3 aliphatic rings. The van der Waals surface area contributed by atoms with Crippen molar-refractivity contribution in [2.45, 2.75) is 34.2 Å². The Morgan fingerprint density at radius 2 is 1.55 bits per heavy atom. The molecule has 268 valence electrons. The lowest BCUT2D eigenvalue weighted by atomic mass is 10.1. The third kappa shape index (κ3) is 7.56. The second-order valence-electron chi connectivity index (χ2n) is 13.5. The van der Waals surface area contributed by atoms with Gasteiger partial charge in [0.1, 0.15) is 5.75 Å². The summed E-state index contributed by atoms with van der Waals surface area (Å²) in [6, 6.07) is 13.9. The number of hydrogen-bond donors (Lipinski definition) is 1. The molecule has 3 aliphatic heterocycles. The molecule has 0 unspecified atom stereocenters. The van der Waals surface area contributed by atoms with Crippen LogP contribution in [0.3, 0.4) is 0 Å². The first-order valence-electron chi connectivity index (χ1n) is 17.5. The minimum atomic E-state index is -0.252. The highest BCUT2D eigenvalue weighted by molar-refractivity contribution is 6.03. The van der Waals surface area contributed by atoms with Crippen LogP contribution < -0.4 is 24.8 Å². The summed E-state index contributed by atoms with van der Waals surface area (Å²) < 4.78 is 5.97. The van der Waals surface area contributed by atoms with E-state index in [0.717, 1.165) is 60.0 Å². The molecule has 1 aromatic heterocycles. The summed E-state index contributed by atoms with van der Waals surface area (Å²) in [5.74, 6) is 1.49. The summed E-state index contributed by atoms with van der Waals surface area (Å²) in [4.78, 5) is 48.5. The number of likely N-dealkylation sites (N-methyl/N-ethyl adjacent to an activating group) is 1. The van der Waals surface area contributed by atoms with Crippen LogP contribution in [0.2, 0.25) is 0 Å². The molecule has 0 saturated carbocycles. The lowest BCUT2D eigenvalue weighted by Gasteiger charge is -2.39. The van der Waals surface area contributed by atoms with Gasteiger partial charge < -0.3 is 29.7 Å². The number of hydrogen-bond acceptors (Lipinski definition) is 9. The molecule has 2 saturated heterocycles. The minimum absolute atomic E-state index is 0.0850. The van der Waals surface area contributed by atoms with Crippen LogP contribution in [-0.4, -0.2) is 103 Å². The number of piperazine rings is 2. The van der Waals surface area contributed by atoms with Crippen molar-refractivity contribution < 1.29 is 14.3 Å². The number of benzene rings is 2. The molecule has 6 rings (SSSR count). The average molecular weight is 692 g/mol. The Bertz CT molecular complexity index is 1830. The lowest BCUT2D eigenvalue weighted by Crippen LogP contribution is -2.48. The molecule has 0 radical (unpaired) electrons. The van der Waals surface area contributed by atoms with Gasteiger partial charge in [-0.25, -0.2) is 14.7 Å². The molecule has 0 aliphatic carbocycles. The third-order valence-electron chi connectivity index (χ3n) is 9.78. The van der Waals surface area contributed by atoms with Crippen LogP contribution in [0, 0.1) is 0 Å². The quantitative estimate of drug-likeness (QED) is 0.265. The highest BCUT2D eigenvalue weighted by Gasteiger charge is 2.37. The first-order valence-corrected chi connectivity index (χ1v) is 17.5. The van der Waals surface area contributed by atoms with Gasteiger partial charge >= 0.3 is 6.03 Å². The maximum Gasteiger partial charge on any atom is 0.335 e. The van der Waals surface area contributed by atoms with Gasteiger partial charge in [0.15, 0.2) is 5.82 Å². The van der Waals surface area contributed by atoms with E-state index in [4.69, 9.17) is 14.7 Å². The number of carbonyl (C=O) groups is 2. The zero-order chi connectivity index (χ0) is 36.2. The van der Waals surface area contributed by atoms with Crippen LogP contribution in [0.25, 0.3) is 0 Å². The van der Waals surface area contributed by atoms with E-state index in [-0.39, 0.29) is 11.9 Å². The van der Waals surface area contributed by atoms with Gasteiger partial charge in [0.2, 0.25) is 11.9 Å². The first-order chi connectivity index (χ1) is 24.6. The van der Waals surface area contributed by atoms with Crippen molar-refractivity contribution in [1.29, 1.82) is 0 Å². The Kier molecular flexibility index (Phi) is 10.6. The number of allylic oxidation sites excluding steroid dienone is 4. The van der Waals surface area contributed by atoms with Gasteiger partial charge in [0, 0.05) is 99.9 Å². The van der Waals surface area contributed by atoms with E-state index in [1.165, 1.54) is 5.69 Å². The maximum atomic E-state index is 14.7. The van der Waals surface area contributed by atoms with Gasteiger partial charge in [0.25, 0.3) is 0 Å². The number of urea groups is 1. The van der Waals surface area contributed by atoms with Gasteiger partial charge in [-0.1, -0.05) is 24.3 Å². The van der Waals surface area contributed by atoms with Crippen LogP contribution in [0.4, 0.5) is 39.3 Å². The Morgan fingerprint density at radius 1 is 0.902 bits per heavy atom. The first kappa shape index (κ1) is 35.5. The maximum absolute atomic E-state index is 14.7. The number of anilines is 6. The van der Waals surface area contributed by atoms with Crippen molar-refractivity contribution in [2.75, 3.05) is 86.5 Å². The number of fused-ring (bicyclic) bond motifs is 1. The Labute approximate surface area is 301 Å². The normalized spacial score (nSPS) is 16.9. The molecule has 1 N–H and O–H groups in total. The molecule has 0 bridgehead atoms. The molecule has 2 fully saturated rings.